The van der Waals surface area contributed by atoms with Gasteiger partial charge in [0.1, 0.15) is 0 Å². The Labute approximate surface area is 96.7 Å². The highest BCUT2D eigenvalue weighted by molar-refractivity contribution is 5.85. The summed E-state index contributed by atoms with van der Waals surface area (Å²) in [5.74, 6) is -0.0335. The molecule has 3 nitrogen and oxygen atoms in total. The smallest absolute Gasteiger partial charge is 0.239 e. The van der Waals surface area contributed by atoms with Gasteiger partial charge in [-0.25, -0.2) is 0 Å². The number of nitrogens with two attached hydrogens (primary N) is 1. The minimum Gasteiger partial charge on any atom is -0.347 e. The third kappa shape index (κ3) is 4.32. The monoisotopic (exact) mass is 228 g/mol. The van der Waals surface area contributed by atoms with E-state index in [1.807, 2.05) is 30.3 Å². The van der Waals surface area contributed by atoms with E-state index in [1.165, 1.54) is 4.90 Å². The Kier molecular flexibility index (Phi) is 5.97. The minimum absolute atomic E-state index is 0. The van der Waals surface area contributed by atoms with E-state index in [1.54, 1.807) is 14.1 Å². The number of rotatable bonds is 3. The molecular weight excluding hydrogens is 212 g/mol. The SMILES string of the molecule is CN(C)C(=O)[C@@H](N)Cc1ccccc1.Cl. The highest BCUT2D eigenvalue weighted by Gasteiger charge is 2.15. The molecule has 15 heavy (non-hydrogen) atoms. The highest BCUT2D eigenvalue weighted by Crippen LogP contribution is 2.02. The normalized spacial score (nSPS) is 11.4. The zero-order valence-electron chi connectivity index (χ0n) is 9.01. The van der Waals surface area contributed by atoms with Crippen LogP contribution in [0.2, 0.25) is 0 Å². The maximum absolute atomic E-state index is 11.4. The van der Waals surface area contributed by atoms with Gasteiger partial charge in [-0.05, 0) is 12.0 Å². The molecule has 0 bridgehead atoms. The van der Waals surface area contributed by atoms with Gasteiger partial charge in [0.15, 0.2) is 0 Å². The van der Waals surface area contributed by atoms with Crippen molar-refractivity contribution in [1.82, 2.24) is 4.90 Å². The van der Waals surface area contributed by atoms with E-state index in [0.717, 1.165) is 5.56 Å². The molecule has 0 unspecified atom stereocenters. The first-order valence-electron chi connectivity index (χ1n) is 4.62. The minimum atomic E-state index is -0.438. The van der Waals surface area contributed by atoms with Gasteiger partial charge in [-0.3, -0.25) is 4.79 Å². The molecule has 0 saturated carbocycles. The topological polar surface area (TPSA) is 46.3 Å². The van der Waals surface area contributed by atoms with E-state index in [0.29, 0.717) is 6.42 Å². The van der Waals surface area contributed by atoms with Crippen LogP contribution in [0.25, 0.3) is 0 Å². The number of likely N-dealkylation sites (N-methyl/N-ethyl adjacent to an activating group) is 1. The Morgan fingerprint density at radius 3 is 2.33 bits per heavy atom. The number of carbonyl (C=O) groups is 1. The van der Waals surface area contributed by atoms with E-state index in [4.69, 9.17) is 5.73 Å². The number of carbonyl (C=O) groups excluding carboxylic acids is 1. The molecule has 0 aliphatic rings. The molecule has 0 fully saturated rings. The van der Waals surface area contributed by atoms with E-state index >= 15 is 0 Å². The Bertz CT molecular complexity index is 301. The molecule has 0 aromatic heterocycles. The van der Waals surface area contributed by atoms with Crippen molar-refractivity contribution in [3.8, 4) is 0 Å². The summed E-state index contributed by atoms with van der Waals surface area (Å²) < 4.78 is 0. The zero-order valence-corrected chi connectivity index (χ0v) is 9.83. The number of nitrogens with zero attached hydrogens (tertiary/aromatic N) is 1. The van der Waals surface area contributed by atoms with Gasteiger partial charge in [-0.2, -0.15) is 0 Å². The molecule has 1 aromatic rings. The van der Waals surface area contributed by atoms with Crippen molar-refractivity contribution in [2.45, 2.75) is 12.5 Å². The van der Waals surface area contributed by atoms with Crippen LogP contribution >= 0.6 is 12.4 Å². The maximum atomic E-state index is 11.4. The Hall–Kier alpha value is -1.06. The summed E-state index contributed by atoms with van der Waals surface area (Å²) in [7, 11) is 3.43. The molecule has 84 valence electrons. The number of halogens is 1. The first-order valence-corrected chi connectivity index (χ1v) is 4.62. The Morgan fingerprint density at radius 2 is 1.87 bits per heavy atom. The molecule has 1 atom stereocenters. The molecule has 0 radical (unpaired) electrons. The lowest BCUT2D eigenvalue weighted by Gasteiger charge is -2.16. The van der Waals surface area contributed by atoms with Gasteiger partial charge < -0.3 is 10.6 Å². The number of hydrogen-bond acceptors (Lipinski definition) is 2. The predicted molar refractivity (Wildman–Crippen MR) is 64.1 cm³/mol. The van der Waals surface area contributed by atoms with Gasteiger partial charge >= 0.3 is 0 Å². The largest absolute Gasteiger partial charge is 0.347 e. The van der Waals surface area contributed by atoms with Gasteiger partial charge in [0, 0.05) is 14.1 Å². The zero-order chi connectivity index (χ0) is 10.6. The average Bonchev–Trinajstić information content (AvgIpc) is 2.18. The van der Waals surface area contributed by atoms with Crippen LogP contribution in [0.15, 0.2) is 30.3 Å². The van der Waals surface area contributed by atoms with Gasteiger partial charge in [0.05, 0.1) is 6.04 Å². The first kappa shape index (κ1) is 13.9. The predicted octanol–water partition coefficient (Wildman–Crippen LogP) is 1.07. The Morgan fingerprint density at radius 1 is 1.33 bits per heavy atom. The van der Waals surface area contributed by atoms with Gasteiger partial charge in [-0.1, -0.05) is 30.3 Å². The second kappa shape index (κ2) is 6.43. The van der Waals surface area contributed by atoms with Crippen molar-refractivity contribution in [3.63, 3.8) is 0 Å². The molecule has 2 N–H and O–H groups in total. The molecular formula is C11H17ClN2O. The van der Waals surface area contributed by atoms with Gasteiger partial charge in [0.2, 0.25) is 5.91 Å². The van der Waals surface area contributed by atoms with Crippen LogP contribution in [0.4, 0.5) is 0 Å². The molecule has 0 heterocycles. The van der Waals surface area contributed by atoms with Crippen LogP contribution in [0, 0.1) is 0 Å². The van der Waals surface area contributed by atoms with Crippen molar-refractivity contribution in [2.24, 2.45) is 5.73 Å². The number of hydrogen-bond donors (Lipinski definition) is 1. The van der Waals surface area contributed by atoms with E-state index in [2.05, 4.69) is 0 Å². The number of amides is 1. The molecule has 1 rings (SSSR count). The second-order valence-corrected chi connectivity index (χ2v) is 3.53. The summed E-state index contributed by atoms with van der Waals surface area (Å²) in [6, 6.07) is 9.35. The fraction of sp³-hybridized carbons (Fsp3) is 0.364. The molecule has 4 heteroatoms. The van der Waals surface area contributed by atoms with E-state index in [9.17, 15) is 4.79 Å². The maximum Gasteiger partial charge on any atom is 0.239 e. The lowest BCUT2D eigenvalue weighted by molar-refractivity contribution is -0.130. The standard InChI is InChI=1S/C11H16N2O.ClH/c1-13(2)11(14)10(12)8-9-6-4-3-5-7-9;/h3-7,10H,8,12H2,1-2H3;1H/t10-;/m0./s1. The second-order valence-electron chi connectivity index (χ2n) is 3.53. The van der Waals surface area contributed by atoms with Crippen LogP contribution in [0.5, 0.6) is 0 Å². The van der Waals surface area contributed by atoms with Crippen molar-refractivity contribution in [2.75, 3.05) is 14.1 Å². The Balaban J connectivity index is 0.00000196. The summed E-state index contributed by atoms with van der Waals surface area (Å²) in [6.45, 7) is 0. The van der Waals surface area contributed by atoms with Gasteiger partial charge in [0.25, 0.3) is 0 Å². The van der Waals surface area contributed by atoms with Crippen LogP contribution in [0.1, 0.15) is 5.56 Å². The molecule has 0 aliphatic heterocycles. The lowest BCUT2D eigenvalue weighted by Crippen LogP contribution is -2.41. The molecule has 0 aliphatic carbocycles. The first-order chi connectivity index (χ1) is 6.61. The summed E-state index contributed by atoms with van der Waals surface area (Å²) >= 11 is 0. The molecule has 1 aromatic carbocycles. The van der Waals surface area contributed by atoms with Crippen LogP contribution in [-0.4, -0.2) is 30.9 Å². The summed E-state index contributed by atoms with van der Waals surface area (Å²) in [6.07, 6.45) is 0.595. The van der Waals surface area contributed by atoms with Crippen molar-refractivity contribution < 1.29 is 4.79 Å². The third-order valence-corrected chi connectivity index (χ3v) is 2.06. The van der Waals surface area contributed by atoms with Crippen LogP contribution in [0.3, 0.4) is 0 Å². The van der Waals surface area contributed by atoms with Gasteiger partial charge in [-0.15, -0.1) is 12.4 Å². The third-order valence-electron chi connectivity index (χ3n) is 2.06. The van der Waals surface area contributed by atoms with E-state index in [-0.39, 0.29) is 18.3 Å². The summed E-state index contributed by atoms with van der Waals surface area (Å²) in [4.78, 5) is 13.0. The highest BCUT2D eigenvalue weighted by atomic mass is 35.5. The lowest BCUT2D eigenvalue weighted by atomic mass is 10.1. The van der Waals surface area contributed by atoms with Crippen molar-refractivity contribution >= 4 is 18.3 Å². The molecule has 0 saturated heterocycles. The fourth-order valence-corrected chi connectivity index (χ4v) is 1.29. The molecule has 1 amide bonds. The van der Waals surface area contributed by atoms with Crippen molar-refractivity contribution in [3.05, 3.63) is 35.9 Å². The quantitative estimate of drug-likeness (QED) is 0.841. The van der Waals surface area contributed by atoms with E-state index < -0.39 is 6.04 Å². The fourth-order valence-electron chi connectivity index (χ4n) is 1.29. The summed E-state index contributed by atoms with van der Waals surface area (Å²) in [5, 5.41) is 0. The van der Waals surface area contributed by atoms with Crippen LogP contribution in [-0.2, 0) is 11.2 Å². The number of benzene rings is 1. The average molecular weight is 229 g/mol. The van der Waals surface area contributed by atoms with Crippen LogP contribution < -0.4 is 5.73 Å². The molecule has 0 spiro atoms. The summed E-state index contributed by atoms with van der Waals surface area (Å²) in [5.41, 5.74) is 6.85. The van der Waals surface area contributed by atoms with Crippen molar-refractivity contribution in [1.29, 1.82) is 0 Å².